The van der Waals surface area contributed by atoms with Gasteiger partial charge in [-0.1, -0.05) is 17.7 Å². The van der Waals surface area contributed by atoms with Gasteiger partial charge in [-0.05, 0) is 25.5 Å². The lowest BCUT2D eigenvalue weighted by atomic mass is 10.0. The maximum atomic E-state index is 13.8. The zero-order chi connectivity index (χ0) is 17.3. The van der Waals surface area contributed by atoms with Gasteiger partial charge in [0.15, 0.2) is 0 Å². The van der Waals surface area contributed by atoms with Crippen molar-refractivity contribution in [2.75, 3.05) is 6.61 Å². The Morgan fingerprint density at radius 1 is 1.54 bits per heavy atom. The van der Waals surface area contributed by atoms with Crippen molar-refractivity contribution >= 4 is 17.5 Å². The fourth-order valence-electron chi connectivity index (χ4n) is 3.06. The molecule has 128 valence electrons. The predicted molar refractivity (Wildman–Crippen MR) is 88.3 cm³/mol. The molecule has 1 aromatic heterocycles. The molecule has 5 nitrogen and oxygen atoms in total. The van der Waals surface area contributed by atoms with Crippen LogP contribution in [0.3, 0.4) is 0 Å². The zero-order valence-corrected chi connectivity index (χ0v) is 14.3. The highest BCUT2D eigenvalue weighted by Gasteiger charge is 2.33. The molecule has 3 rings (SSSR count). The number of carbonyl (C=O) groups excluding carboxylic acids is 1. The van der Waals surface area contributed by atoms with Crippen LogP contribution in [-0.2, 0) is 23.0 Å². The number of rotatable bonds is 4. The van der Waals surface area contributed by atoms with Crippen molar-refractivity contribution in [2.45, 2.75) is 31.9 Å². The fourth-order valence-corrected chi connectivity index (χ4v) is 3.29. The van der Waals surface area contributed by atoms with Gasteiger partial charge in [0.25, 0.3) is 0 Å². The molecule has 7 heteroatoms. The molecule has 1 aliphatic heterocycles. The first-order valence-electron chi connectivity index (χ1n) is 7.79. The van der Waals surface area contributed by atoms with E-state index in [9.17, 15) is 9.18 Å². The summed E-state index contributed by atoms with van der Waals surface area (Å²) in [4.78, 5) is 12.3. The lowest BCUT2D eigenvalue weighted by Crippen LogP contribution is -2.38. The number of halogens is 2. The molecule has 0 saturated carbocycles. The van der Waals surface area contributed by atoms with Crippen molar-refractivity contribution in [2.24, 2.45) is 7.05 Å². The molecule has 2 aromatic rings. The van der Waals surface area contributed by atoms with E-state index in [4.69, 9.17) is 16.3 Å². The summed E-state index contributed by atoms with van der Waals surface area (Å²) in [5.41, 5.74) is 2.05. The van der Waals surface area contributed by atoms with E-state index in [2.05, 4.69) is 10.4 Å². The van der Waals surface area contributed by atoms with Crippen LogP contribution in [0.4, 0.5) is 4.39 Å². The Morgan fingerprint density at radius 2 is 2.33 bits per heavy atom. The normalized spacial score (nSPS) is 20.3. The number of ether oxygens (including phenoxy) is 1. The number of hydrogen-bond acceptors (Lipinski definition) is 3. The molecule has 1 N–H and O–H groups in total. The van der Waals surface area contributed by atoms with Gasteiger partial charge in [0, 0.05) is 36.0 Å². The third-order valence-electron chi connectivity index (χ3n) is 4.20. The van der Waals surface area contributed by atoms with Gasteiger partial charge in [0.2, 0.25) is 5.91 Å². The first-order valence-corrected chi connectivity index (χ1v) is 8.17. The van der Waals surface area contributed by atoms with Crippen molar-refractivity contribution in [3.05, 3.63) is 52.1 Å². The summed E-state index contributed by atoms with van der Waals surface area (Å²) in [5, 5.41) is 7.51. The van der Waals surface area contributed by atoms with Gasteiger partial charge in [0.1, 0.15) is 11.9 Å². The van der Waals surface area contributed by atoms with Crippen LogP contribution in [0.15, 0.2) is 24.4 Å². The molecule has 0 aliphatic carbocycles. The summed E-state index contributed by atoms with van der Waals surface area (Å²) >= 11 is 5.98. The van der Waals surface area contributed by atoms with Gasteiger partial charge in [0.05, 0.1) is 18.2 Å². The van der Waals surface area contributed by atoms with E-state index in [0.29, 0.717) is 13.0 Å². The second-order valence-electron chi connectivity index (χ2n) is 5.97. The van der Waals surface area contributed by atoms with Crippen LogP contribution < -0.4 is 5.32 Å². The molecule has 0 unspecified atom stereocenters. The van der Waals surface area contributed by atoms with Gasteiger partial charge in [-0.2, -0.15) is 5.10 Å². The Labute approximate surface area is 144 Å². The first-order chi connectivity index (χ1) is 11.5. The Balaban J connectivity index is 1.70. The molecular formula is C17H19ClFN3O2. The number of carbonyl (C=O) groups is 1. The molecule has 1 aromatic carbocycles. The van der Waals surface area contributed by atoms with Crippen LogP contribution in [-0.4, -0.2) is 28.3 Å². The van der Waals surface area contributed by atoms with Crippen LogP contribution >= 0.6 is 11.6 Å². The van der Waals surface area contributed by atoms with Crippen LogP contribution in [0.1, 0.15) is 29.3 Å². The second kappa shape index (κ2) is 6.91. The monoisotopic (exact) mass is 351 g/mol. The minimum atomic E-state index is -0.472. The van der Waals surface area contributed by atoms with Gasteiger partial charge >= 0.3 is 0 Å². The second-order valence-corrected chi connectivity index (χ2v) is 6.38. The summed E-state index contributed by atoms with van der Waals surface area (Å²) in [6.45, 7) is 2.47. The number of nitrogens with zero attached hydrogens (tertiary/aromatic N) is 2. The Kier molecular flexibility index (Phi) is 4.87. The van der Waals surface area contributed by atoms with Gasteiger partial charge in [-0.15, -0.1) is 0 Å². The lowest BCUT2D eigenvalue weighted by Gasteiger charge is -2.20. The highest BCUT2D eigenvalue weighted by Crippen LogP contribution is 2.31. The number of amides is 1. The van der Waals surface area contributed by atoms with E-state index in [0.717, 1.165) is 11.3 Å². The highest BCUT2D eigenvalue weighted by molar-refractivity contribution is 6.31. The van der Waals surface area contributed by atoms with Crippen molar-refractivity contribution < 1.29 is 13.9 Å². The van der Waals surface area contributed by atoms with Crippen LogP contribution in [0.2, 0.25) is 5.02 Å². The summed E-state index contributed by atoms with van der Waals surface area (Å²) in [6, 6.07) is 4.24. The molecule has 0 spiro atoms. The summed E-state index contributed by atoms with van der Waals surface area (Å²) in [6.07, 6.45) is 2.27. The molecule has 1 aliphatic rings. The van der Waals surface area contributed by atoms with Crippen LogP contribution in [0.5, 0.6) is 0 Å². The molecule has 1 amide bonds. The first kappa shape index (κ1) is 16.9. The van der Waals surface area contributed by atoms with E-state index in [1.54, 1.807) is 10.7 Å². The average molecular weight is 352 g/mol. The van der Waals surface area contributed by atoms with Gasteiger partial charge < -0.3 is 10.1 Å². The predicted octanol–water partition coefficient (Wildman–Crippen LogP) is 2.71. The number of nitrogens with one attached hydrogen (secondary N) is 1. The third-order valence-corrected chi connectivity index (χ3v) is 4.55. The molecule has 0 bridgehead atoms. The summed E-state index contributed by atoms with van der Waals surface area (Å²) < 4.78 is 21.3. The minimum Gasteiger partial charge on any atom is -0.371 e. The fraction of sp³-hybridized carbons (Fsp3) is 0.412. The molecule has 1 saturated heterocycles. The summed E-state index contributed by atoms with van der Waals surface area (Å²) in [7, 11) is 1.85. The highest BCUT2D eigenvalue weighted by atomic mass is 35.5. The standard InChI is InChI=1S/C17H19ClFN3O2/c1-10-12(9-22(2)21-10)17-15(6-7-24-17)20-16(23)8-11-13(18)4-3-5-14(11)19/h3-5,9,15,17H,6-8H2,1-2H3,(H,20,23)/t15-,17+/m0/s1. The third kappa shape index (κ3) is 3.44. The lowest BCUT2D eigenvalue weighted by molar-refractivity contribution is -0.121. The van der Waals surface area contributed by atoms with Crippen LogP contribution in [0.25, 0.3) is 0 Å². The van der Waals surface area contributed by atoms with E-state index < -0.39 is 5.82 Å². The van der Waals surface area contributed by atoms with Crippen molar-refractivity contribution in [3.63, 3.8) is 0 Å². The SMILES string of the molecule is Cc1nn(C)cc1[C@H]1OCC[C@@H]1NC(=O)Cc1c(F)cccc1Cl. The Bertz CT molecular complexity index is 742. The zero-order valence-electron chi connectivity index (χ0n) is 13.6. The van der Waals surface area contributed by atoms with E-state index in [1.165, 1.54) is 12.1 Å². The smallest absolute Gasteiger partial charge is 0.224 e. The molecule has 2 heterocycles. The molecular weight excluding hydrogens is 333 g/mol. The number of aromatic nitrogens is 2. The topological polar surface area (TPSA) is 56.1 Å². The van der Waals surface area contributed by atoms with E-state index in [-0.39, 0.29) is 35.1 Å². The van der Waals surface area contributed by atoms with Gasteiger partial charge in [-0.3, -0.25) is 9.48 Å². The molecule has 1 fully saturated rings. The average Bonchev–Trinajstić information content (AvgIpc) is 3.09. The number of aryl methyl sites for hydroxylation is 2. The summed E-state index contributed by atoms with van der Waals surface area (Å²) in [5.74, 6) is -0.746. The molecule has 0 radical (unpaired) electrons. The van der Waals surface area contributed by atoms with E-state index >= 15 is 0 Å². The Hall–Kier alpha value is -1.92. The van der Waals surface area contributed by atoms with Gasteiger partial charge in [-0.25, -0.2) is 4.39 Å². The quantitative estimate of drug-likeness (QED) is 0.921. The largest absolute Gasteiger partial charge is 0.371 e. The number of hydrogen-bond donors (Lipinski definition) is 1. The van der Waals surface area contributed by atoms with Crippen LogP contribution in [0, 0.1) is 12.7 Å². The minimum absolute atomic E-state index is 0.0965. The molecule has 24 heavy (non-hydrogen) atoms. The number of benzene rings is 1. The van der Waals surface area contributed by atoms with Crippen molar-refractivity contribution in [3.8, 4) is 0 Å². The van der Waals surface area contributed by atoms with Crippen molar-refractivity contribution in [1.82, 2.24) is 15.1 Å². The maximum absolute atomic E-state index is 13.8. The maximum Gasteiger partial charge on any atom is 0.224 e. The Morgan fingerprint density at radius 3 is 3.00 bits per heavy atom. The van der Waals surface area contributed by atoms with Crippen molar-refractivity contribution in [1.29, 1.82) is 0 Å². The van der Waals surface area contributed by atoms with E-state index in [1.807, 2.05) is 20.2 Å². The molecule has 2 atom stereocenters.